The summed E-state index contributed by atoms with van der Waals surface area (Å²) in [7, 11) is 2.16. The minimum atomic E-state index is 0.411. The van der Waals surface area contributed by atoms with Crippen LogP contribution in [0, 0.1) is 0 Å². The number of rotatable bonds is 5. The van der Waals surface area contributed by atoms with E-state index in [9.17, 15) is 0 Å². The Hall–Kier alpha value is -0.680. The molecule has 2 rings (SSSR count). The van der Waals surface area contributed by atoms with E-state index in [-0.39, 0.29) is 0 Å². The van der Waals surface area contributed by atoms with Gasteiger partial charge in [-0.25, -0.2) is 0 Å². The first-order valence-electron chi connectivity index (χ1n) is 6.87. The van der Waals surface area contributed by atoms with E-state index in [0.29, 0.717) is 6.04 Å². The standard InChI is InChI=1S/C15H22BrN3S/c1-11(2)19-10-12-9-13(18(3)7-8-20-4)5-6-14(12)15(16)17-19/h5-6,9,11H,7-8,10H2,1-4H3. The lowest BCUT2D eigenvalue weighted by atomic mass is 10.0. The smallest absolute Gasteiger partial charge is 0.133 e. The van der Waals surface area contributed by atoms with Crippen LogP contribution < -0.4 is 4.90 Å². The summed E-state index contributed by atoms with van der Waals surface area (Å²) < 4.78 is 0.936. The Balaban J connectivity index is 2.23. The lowest BCUT2D eigenvalue weighted by Gasteiger charge is -2.30. The van der Waals surface area contributed by atoms with E-state index in [0.717, 1.165) is 23.5 Å². The number of hydrogen-bond donors (Lipinski definition) is 0. The number of nitrogens with zero attached hydrogens (tertiary/aromatic N) is 3. The molecule has 3 nitrogen and oxygen atoms in total. The van der Waals surface area contributed by atoms with E-state index in [4.69, 9.17) is 0 Å². The van der Waals surface area contributed by atoms with Crippen LogP contribution in [-0.2, 0) is 6.54 Å². The zero-order chi connectivity index (χ0) is 14.7. The fourth-order valence-electron chi connectivity index (χ4n) is 2.18. The third-order valence-electron chi connectivity index (χ3n) is 3.53. The summed E-state index contributed by atoms with van der Waals surface area (Å²) in [6, 6.07) is 7.06. The Kier molecular flexibility index (Phi) is 5.38. The van der Waals surface area contributed by atoms with Crippen LogP contribution in [-0.4, -0.2) is 41.3 Å². The van der Waals surface area contributed by atoms with Gasteiger partial charge in [0.15, 0.2) is 0 Å². The molecule has 0 saturated carbocycles. The van der Waals surface area contributed by atoms with Crippen LogP contribution in [0.5, 0.6) is 0 Å². The van der Waals surface area contributed by atoms with Gasteiger partial charge in [0.2, 0.25) is 0 Å². The summed E-state index contributed by atoms with van der Waals surface area (Å²) >= 11 is 5.47. The minimum absolute atomic E-state index is 0.411. The van der Waals surface area contributed by atoms with Crippen LogP contribution in [0.15, 0.2) is 23.3 Å². The summed E-state index contributed by atoms with van der Waals surface area (Å²) in [4.78, 5) is 2.32. The molecule has 20 heavy (non-hydrogen) atoms. The maximum absolute atomic E-state index is 4.60. The van der Waals surface area contributed by atoms with Gasteiger partial charge in [0.05, 0.1) is 6.54 Å². The molecule has 1 heterocycles. The Morgan fingerprint density at radius 1 is 1.45 bits per heavy atom. The zero-order valence-corrected chi connectivity index (χ0v) is 15.0. The molecule has 1 aliphatic heterocycles. The topological polar surface area (TPSA) is 18.8 Å². The molecule has 1 aliphatic rings. The second-order valence-electron chi connectivity index (χ2n) is 5.34. The summed E-state index contributed by atoms with van der Waals surface area (Å²) in [6.07, 6.45) is 2.15. The number of benzene rings is 1. The molecule has 0 fully saturated rings. The SMILES string of the molecule is CSCCN(C)c1ccc2c(c1)CN(C(C)C)N=C2Br. The molecule has 0 N–H and O–H groups in total. The fourth-order valence-corrected chi connectivity index (χ4v) is 3.23. The maximum atomic E-state index is 4.60. The molecule has 0 unspecified atom stereocenters. The molecule has 110 valence electrons. The van der Waals surface area contributed by atoms with E-state index >= 15 is 0 Å². The Morgan fingerprint density at radius 2 is 2.20 bits per heavy atom. The van der Waals surface area contributed by atoms with Crippen LogP contribution in [0.2, 0.25) is 0 Å². The summed E-state index contributed by atoms with van der Waals surface area (Å²) in [5, 5.41) is 6.72. The van der Waals surface area contributed by atoms with Crippen molar-refractivity contribution in [2.75, 3.05) is 30.5 Å². The van der Waals surface area contributed by atoms with E-state index < -0.39 is 0 Å². The predicted molar refractivity (Wildman–Crippen MR) is 94.2 cm³/mol. The summed E-state index contributed by atoms with van der Waals surface area (Å²) in [6.45, 7) is 6.29. The van der Waals surface area contributed by atoms with Gasteiger partial charge in [0.1, 0.15) is 4.62 Å². The first-order chi connectivity index (χ1) is 9.52. The van der Waals surface area contributed by atoms with Gasteiger partial charge in [0.25, 0.3) is 0 Å². The molecular weight excluding hydrogens is 334 g/mol. The largest absolute Gasteiger partial charge is 0.374 e. The predicted octanol–water partition coefficient (Wildman–Crippen LogP) is 3.77. The average molecular weight is 356 g/mol. The van der Waals surface area contributed by atoms with Crippen LogP contribution >= 0.6 is 27.7 Å². The molecule has 0 radical (unpaired) electrons. The van der Waals surface area contributed by atoms with Crippen LogP contribution in [0.4, 0.5) is 5.69 Å². The fraction of sp³-hybridized carbons (Fsp3) is 0.533. The van der Waals surface area contributed by atoms with Crippen molar-refractivity contribution in [2.24, 2.45) is 5.10 Å². The summed E-state index contributed by atoms with van der Waals surface area (Å²) in [5.41, 5.74) is 3.83. The van der Waals surface area contributed by atoms with Crippen molar-refractivity contribution < 1.29 is 0 Å². The van der Waals surface area contributed by atoms with Gasteiger partial charge in [-0.3, -0.25) is 5.01 Å². The highest BCUT2D eigenvalue weighted by atomic mass is 79.9. The molecule has 0 bridgehead atoms. The number of hydrazone groups is 1. The Morgan fingerprint density at radius 3 is 2.85 bits per heavy atom. The number of hydrogen-bond acceptors (Lipinski definition) is 4. The van der Waals surface area contributed by atoms with Gasteiger partial charge in [0, 0.05) is 36.6 Å². The molecule has 1 aromatic carbocycles. The third-order valence-corrected chi connectivity index (χ3v) is 4.70. The van der Waals surface area contributed by atoms with E-state index in [1.54, 1.807) is 0 Å². The second kappa shape index (κ2) is 6.85. The highest BCUT2D eigenvalue weighted by Crippen LogP contribution is 2.27. The first-order valence-corrected chi connectivity index (χ1v) is 9.05. The normalized spacial score (nSPS) is 14.3. The van der Waals surface area contributed by atoms with E-state index in [1.807, 2.05) is 11.8 Å². The van der Waals surface area contributed by atoms with Crippen molar-refractivity contribution in [1.82, 2.24) is 5.01 Å². The highest BCUT2D eigenvalue weighted by molar-refractivity contribution is 9.18. The molecule has 0 aromatic heterocycles. The van der Waals surface area contributed by atoms with Crippen LogP contribution in [0.3, 0.4) is 0 Å². The van der Waals surface area contributed by atoms with Crippen molar-refractivity contribution in [1.29, 1.82) is 0 Å². The number of thioether (sulfide) groups is 1. The lowest BCUT2D eigenvalue weighted by Crippen LogP contribution is -2.30. The molecule has 0 saturated heterocycles. The number of halogens is 1. The average Bonchev–Trinajstić information content (AvgIpc) is 2.43. The molecule has 0 atom stereocenters. The monoisotopic (exact) mass is 355 g/mol. The first kappa shape index (κ1) is 15.7. The van der Waals surface area contributed by atoms with Gasteiger partial charge in [-0.15, -0.1) is 0 Å². The number of fused-ring (bicyclic) bond motifs is 1. The molecular formula is C15H22BrN3S. The van der Waals surface area contributed by atoms with Crippen molar-refractivity contribution in [3.8, 4) is 0 Å². The van der Waals surface area contributed by atoms with Gasteiger partial charge in [-0.2, -0.15) is 16.9 Å². The second-order valence-corrected chi connectivity index (χ2v) is 7.07. The van der Waals surface area contributed by atoms with Crippen molar-refractivity contribution in [3.05, 3.63) is 29.3 Å². The van der Waals surface area contributed by atoms with Crippen molar-refractivity contribution >= 4 is 38.0 Å². The minimum Gasteiger partial charge on any atom is -0.374 e. The van der Waals surface area contributed by atoms with Crippen LogP contribution in [0.25, 0.3) is 0 Å². The third kappa shape index (κ3) is 3.50. The molecule has 0 amide bonds. The molecule has 0 aliphatic carbocycles. The van der Waals surface area contributed by atoms with Gasteiger partial charge in [-0.1, -0.05) is 0 Å². The quantitative estimate of drug-likeness (QED) is 0.801. The molecule has 5 heteroatoms. The Bertz CT molecular complexity index is 502. The highest BCUT2D eigenvalue weighted by Gasteiger charge is 2.19. The molecule has 0 spiro atoms. The van der Waals surface area contributed by atoms with E-state index in [2.05, 4.69) is 76.3 Å². The van der Waals surface area contributed by atoms with Gasteiger partial charge in [-0.05, 0) is 59.8 Å². The number of anilines is 1. The van der Waals surface area contributed by atoms with Crippen LogP contribution in [0.1, 0.15) is 25.0 Å². The van der Waals surface area contributed by atoms with Gasteiger partial charge >= 0.3 is 0 Å². The van der Waals surface area contributed by atoms with Crippen molar-refractivity contribution in [3.63, 3.8) is 0 Å². The van der Waals surface area contributed by atoms with Gasteiger partial charge < -0.3 is 4.90 Å². The maximum Gasteiger partial charge on any atom is 0.133 e. The zero-order valence-electron chi connectivity index (χ0n) is 12.6. The van der Waals surface area contributed by atoms with Crippen molar-refractivity contribution in [2.45, 2.75) is 26.4 Å². The lowest BCUT2D eigenvalue weighted by molar-refractivity contribution is 0.221. The molecule has 1 aromatic rings. The Labute approximate surface area is 134 Å². The van der Waals surface area contributed by atoms with E-state index in [1.165, 1.54) is 16.8 Å². The summed E-state index contributed by atoms with van der Waals surface area (Å²) in [5.74, 6) is 1.15.